The number of nitrogens with zero attached hydrogens (tertiary/aromatic N) is 4. The van der Waals surface area contributed by atoms with Gasteiger partial charge in [0.2, 0.25) is 0 Å². The maximum atomic E-state index is 9.67. The van der Waals surface area contributed by atoms with E-state index in [-0.39, 0.29) is 11.5 Å². The fourth-order valence-electron chi connectivity index (χ4n) is 3.47. The molecule has 0 radical (unpaired) electrons. The van der Waals surface area contributed by atoms with Gasteiger partial charge in [0.05, 0.1) is 25.6 Å². The standard InChI is InChI=1S/C13H16N2O2.C11H12N2O2/c1-9-8-10(2)15(14-9)11-6-5-7-12(16-3)13(11)17-4;1-7-6-8(2)13(12-7)9-4-3-5-10(14)11(9)15/h5-8H,1-4H3;3-6,14-15H,1-2H3. The Balaban J connectivity index is 0.000000182. The van der Waals surface area contributed by atoms with E-state index in [1.54, 1.807) is 31.0 Å². The largest absolute Gasteiger partial charge is 0.504 e. The minimum Gasteiger partial charge on any atom is -0.504 e. The molecule has 0 fully saturated rings. The molecule has 0 amide bonds. The maximum absolute atomic E-state index is 9.67. The molecule has 0 saturated carbocycles. The van der Waals surface area contributed by atoms with Crippen molar-refractivity contribution in [3.8, 4) is 34.4 Å². The molecule has 0 spiro atoms. The Bertz CT molecular complexity index is 1230. The molecule has 168 valence electrons. The summed E-state index contributed by atoms with van der Waals surface area (Å²) >= 11 is 0. The van der Waals surface area contributed by atoms with E-state index in [0.29, 0.717) is 17.2 Å². The van der Waals surface area contributed by atoms with E-state index in [1.807, 2.05) is 62.7 Å². The third-order valence-electron chi connectivity index (χ3n) is 4.85. The molecule has 8 heteroatoms. The Morgan fingerprint density at radius 1 is 0.719 bits per heavy atom. The van der Waals surface area contributed by atoms with Crippen LogP contribution in [0.5, 0.6) is 23.0 Å². The lowest BCUT2D eigenvalue weighted by atomic mass is 10.2. The highest BCUT2D eigenvalue weighted by Gasteiger charge is 2.14. The molecule has 2 heterocycles. The third-order valence-corrected chi connectivity index (χ3v) is 4.85. The second-order valence-electron chi connectivity index (χ2n) is 7.34. The van der Waals surface area contributed by atoms with Crippen molar-refractivity contribution in [3.63, 3.8) is 0 Å². The molecule has 4 aromatic rings. The van der Waals surface area contributed by atoms with Crippen molar-refractivity contribution in [2.24, 2.45) is 0 Å². The predicted molar refractivity (Wildman–Crippen MR) is 123 cm³/mol. The van der Waals surface area contributed by atoms with Gasteiger partial charge in [-0.2, -0.15) is 10.2 Å². The molecule has 0 aliphatic rings. The molecule has 0 saturated heterocycles. The summed E-state index contributed by atoms with van der Waals surface area (Å²) in [6.07, 6.45) is 0. The molecule has 2 aromatic heterocycles. The van der Waals surface area contributed by atoms with E-state index in [0.717, 1.165) is 28.5 Å². The maximum Gasteiger partial charge on any atom is 0.186 e. The van der Waals surface area contributed by atoms with Gasteiger partial charge in [0.25, 0.3) is 0 Å². The summed E-state index contributed by atoms with van der Waals surface area (Å²) in [4.78, 5) is 0. The van der Waals surface area contributed by atoms with Crippen LogP contribution >= 0.6 is 0 Å². The van der Waals surface area contributed by atoms with Crippen molar-refractivity contribution < 1.29 is 19.7 Å². The molecule has 4 rings (SSSR count). The topological polar surface area (TPSA) is 94.6 Å². The van der Waals surface area contributed by atoms with Gasteiger partial charge in [0, 0.05) is 11.4 Å². The van der Waals surface area contributed by atoms with E-state index in [4.69, 9.17) is 9.47 Å². The molecule has 0 aliphatic heterocycles. The van der Waals surface area contributed by atoms with Gasteiger partial charge in [-0.25, -0.2) is 9.36 Å². The van der Waals surface area contributed by atoms with Crippen molar-refractivity contribution >= 4 is 0 Å². The smallest absolute Gasteiger partial charge is 0.186 e. The first-order valence-corrected chi connectivity index (χ1v) is 10.1. The summed E-state index contributed by atoms with van der Waals surface area (Å²) in [6.45, 7) is 7.75. The van der Waals surface area contributed by atoms with Crippen LogP contribution in [0.15, 0.2) is 48.5 Å². The summed E-state index contributed by atoms with van der Waals surface area (Å²) in [7, 11) is 3.26. The number of ether oxygens (including phenoxy) is 2. The molecule has 2 N–H and O–H groups in total. The normalized spacial score (nSPS) is 10.4. The Hall–Kier alpha value is -3.94. The number of methoxy groups -OCH3 is 2. The summed E-state index contributed by atoms with van der Waals surface area (Å²) in [5, 5.41) is 27.7. The van der Waals surface area contributed by atoms with Gasteiger partial charge in [-0.05, 0) is 64.1 Å². The molecule has 8 nitrogen and oxygen atoms in total. The summed E-state index contributed by atoms with van der Waals surface area (Å²) in [5.41, 5.74) is 5.20. The van der Waals surface area contributed by atoms with Crippen LogP contribution in [0.25, 0.3) is 11.4 Å². The number of phenols is 2. The van der Waals surface area contributed by atoms with Crippen molar-refractivity contribution in [1.82, 2.24) is 19.6 Å². The minimum absolute atomic E-state index is 0.139. The zero-order valence-corrected chi connectivity index (χ0v) is 19.1. The summed E-state index contributed by atoms with van der Waals surface area (Å²) in [5.74, 6) is 1.11. The average Bonchev–Trinajstić information content (AvgIpc) is 3.29. The van der Waals surface area contributed by atoms with Gasteiger partial charge in [0.1, 0.15) is 11.4 Å². The Kier molecular flexibility index (Phi) is 6.73. The molecule has 0 unspecified atom stereocenters. The van der Waals surface area contributed by atoms with Crippen LogP contribution in [-0.2, 0) is 0 Å². The number of para-hydroxylation sites is 2. The molecule has 0 aliphatic carbocycles. The Morgan fingerprint density at radius 2 is 1.25 bits per heavy atom. The summed E-state index contributed by atoms with van der Waals surface area (Å²) < 4.78 is 14.1. The van der Waals surface area contributed by atoms with Crippen LogP contribution in [0.4, 0.5) is 0 Å². The molecular formula is C24H28N4O4. The third kappa shape index (κ3) is 4.54. The first kappa shape index (κ1) is 22.7. The zero-order chi connectivity index (χ0) is 23.4. The van der Waals surface area contributed by atoms with E-state index in [2.05, 4.69) is 10.2 Å². The molecule has 32 heavy (non-hydrogen) atoms. The average molecular weight is 437 g/mol. The molecule has 2 aromatic carbocycles. The van der Waals surface area contributed by atoms with Gasteiger partial charge in [-0.1, -0.05) is 12.1 Å². The zero-order valence-electron chi connectivity index (χ0n) is 19.1. The second kappa shape index (κ2) is 9.47. The van der Waals surface area contributed by atoms with Gasteiger partial charge in [-0.15, -0.1) is 0 Å². The summed E-state index contributed by atoms with van der Waals surface area (Å²) in [6, 6.07) is 14.5. The number of hydrogen-bond donors (Lipinski definition) is 2. The van der Waals surface area contributed by atoms with E-state index >= 15 is 0 Å². The number of hydrogen-bond acceptors (Lipinski definition) is 6. The quantitative estimate of drug-likeness (QED) is 0.460. The van der Waals surface area contributed by atoms with Gasteiger partial charge in [-0.3, -0.25) is 0 Å². The number of aromatic nitrogens is 4. The monoisotopic (exact) mass is 436 g/mol. The van der Waals surface area contributed by atoms with Gasteiger partial charge in [0.15, 0.2) is 23.0 Å². The first-order chi connectivity index (χ1) is 15.3. The van der Waals surface area contributed by atoms with Crippen molar-refractivity contribution in [3.05, 3.63) is 71.3 Å². The highest BCUT2D eigenvalue weighted by atomic mass is 16.5. The highest BCUT2D eigenvalue weighted by molar-refractivity contribution is 5.56. The molecule has 0 bridgehead atoms. The first-order valence-electron chi connectivity index (χ1n) is 10.1. The van der Waals surface area contributed by atoms with Crippen LogP contribution in [0, 0.1) is 27.7 Å². The Morgan fingerprint density at radius 3 is 1.75 bits per heavy atom. The van der Waals surface area contributed by atoms with Crippen LogP contribution in [0.1, 0.15) is 22.8 Å². The number of benzene rings is 2. The van der Waals surface area contributed by atoms with E-state index in [1.165, 1.54) is 6.07 Å². The van der Waals surface area contributed by atoms with Crippen LogP contribution in [-0.4, -0.2) is 44.0 Å². The van der Waals surface area contributed by atoms with Crippen molar-refractivity contribution in [2.75, 3.05) is 14.2 Å². The lowest BCUT2D eigenvalue weighted by Crippen LogP contribution is -2.03. The number of rotatable bonds is 4. The minimum atomic E-state index is -0.149. The van der Waals surface area contributed by atoms with E-state index in [9.17, 15) is 10.2 Å². The van der Waals surface area contributed by atoms with Gasteiger partial charge < -0.3 is 19.7 Å². The van der Waals surface area contributed by atoms with Crippen molar-refractivity contribution in [2.45, 2.75) is 27.7 Å². The Labute approximate surface area is 187 Å². The number of aryl methyl sites for hydroxylation is 4. The van der Waals surface area contributed by atoms with Crippen LogP contribution < -0.4 is 9.47 Å². The number of aromatic hydroxyl groups is 2. The second-order valence-corrected chi connectivity index (χ2v) is 7.34. The lowest BCUT2D eigenvalue weighted by Gasteiger charge is -2.13. The molecular weight excluding hydrogens is 408 g/mol. The predicted octanol–water partition coefficient (Wildman–Crippen LogP) is 4.41. The van der Waals surface area contributed by atoms with E-state index < -0.39 is 0 Å². The SMILES string of the molecule is COc1cccc(-n2nc(C)cc2C)c1OC.Cc1cc(C)n(-c2cccc(O)c2O)n1. The molecule has 0 atom stereocenters. The van der Waals surface area contributed by atoms with Crippen LogP contribution in [0.2, 0.25) is 0 Å². The highest BCUT2D eigenvalue weighted by Crippen LogP contribution is 2.34. The van der Waals surface area contributed by atoms with Crippen molar-refractivity contribution in [1.29, 1.82) is 0 Å². The fraction of sp³-hybridized carbons (Fsp3) is 0.250. The fourth-order valence-corrected chi connectivity index (χ4v) is 3.47. The van der Waals surface area contributed by atoms with Crippen LogP contribution in [0.3, 0.4) is 0 Å². The number of phenolic OH excluding ortho intramolecular Hbond substituents is 2. The van der Waals surface area contributed by atoms with Gasteiger partial charge >= 0.3 is 0 Å². The lowest BCUT2D eigenvalue weighted by molar-refractivity contribution is 0.353.